The third-order valence-electron chi connectivity index (χ3n) is 2.39. The predicted octanol–water partition coefficient (Wildman–Crippen LogP) is 3.97. The number of halogens is 3. The molecular weight excluding hydrogens is 250 g/mol. The Bertz CT molecular complexity index is 711. The Morgan fingerprint density at radius 1 is 1.18 bits per heavy atom. The summed E-state index contributed by atoms with van der Waals surface area (Å²) < 4.78 is 30.6. The molecule has 0 bridgehead atoms. The molecule has 2 aromatic heterocycles. The Hall–Kier alpha value is -1.75. The molecule has 0 N–H and O–H groups in total. The highest BCUT2D eigenvalue weighted by Crippen LogP contribution is 2.32. The van der Waals surface area contributed by atoms with Gasteiger partial charge in [-0.3, -0.25) is 0 Å². The quantitative estimate of drug-likeness (QED) is 0.617. The lowest BCUT2D eigenvalue weighted by Crippen LogP contribution is -1.95. The maximum Gasteiger partial charge on any atom is 0.297 e. The van der Waals surface area contributed by atoms with Crippen molar-refractivity contribution >= 4 is 33.7 Å². The van der Waals surface area contributed by atoms with E-state index in [1.54, 1.807) is 24.3 Å². The SMILES string of the molecule is FC(F)c1nc(Cl)c2oc3ccccc3c2n1. The fraction of sp³-hybridized carbons (Fsp3) is 0.0909. The summed E-state index contributed by atoms with van der Waals surface area (Å²) in [4.78, 5) is 7.29. The zero-order valence-electron chi connectivity index (χ0n) is 8.32. The van der Waals surface area contributed by atoms with Gasteiger partial charge >= 0.3 is 0 Å². The van der Waals surface area contributed by atoms with Gasteiger partial charge in [-0.2, -0.15) is 0 Å². The summed E-state index contributed by atoms with van der Waals surface area (Å²) in [6.45, 7) is 0. The molecule has 86 valence electrons. The van der Waals surface area contributed by atoms with E-state index in [0.717, 1.165) is 0 Å². The minimum Gasteiger partial charge on any atom is -0.451 e. The summed E-state index contributed by atoms with van der Waals surface area (Å²) in [5.41, 5.74) is 1.10. The van der Waals surface area contributed by atoms with Crippen LogP contribution in [-0.4, -0.2) is 9.97 Å². The van der Waals surface area contributed by atoms with Crippen molar-refractivity contribution in [2.75, 3.05) is 0 Å². The van der Waals surface area contributed by atoms with Crippen LogP contribution in [-0.2, 0) is 0 Å². The van der Waals surface area contributed by atoms with Crippen LogP contribution in [0, 0.1) is 0 Å². The second-order valence-electron chi connectivity index (χ2n) is 3.45. The maximum absolute atomic E-state index is 12.6. The Balaban J connectivity index is 2.46. The van der Waals surface area contributed by atoms with E-state index in [1.165, 1.54) is 0 Å². The van der Waals surface area contributed by atoms with E-state index in [0.29, 0.717) is 16.5 Å². The number of rotatable bonds is 1. The van der Waals surface area contributed by atoms with E-state index in [1.807, 2.05) is 0 Å². The molecule has 3 aromatic rings. The van der Waals surface area contributed by atoms with Gasteiger partial charge in [0.25, 0.3) is 6.43 Å². The molecule has 0 aliphatic rings. The molecule has 0 fully saturated rings. The van der Waals surface area contributed by atoms with Crippen LogP contribution in [0.1, 0.15) is 12.2 Å². The van der Waals surface area contributed by atoms with Gasteiger partial charge in [0.15, 0.2) is 16.6 Å². The minimum absolute atomic E-state index is 0.0958. The lowest BCUT2D eigenvalue weighted by atomic mass is 10.2. The largest absolute Gasteiger partial charge is 0.451 e. The van der Waals surface area contributed by atoms with Gasteiger partial charge in [0.1, 0.15) is 11.1 Å². The van der Waals surface area contributed by atoms with Crippen molar-refractivity contribution in [2.24, 2.45) is 0 Å². The maximum atomic E-state index is 12.6. The number of furan rings is 1. The molecule has 0 spiro atoms. The zero-order valence-corrected chi connectivity index (χ0v) is 9.08. The van der Waals surface area contributed by atoms with Crippen molar-refractivity contribution in [3.05, 3.63) is 35.2 Å². The number of benzene rings is 1. The molecule has 0 radical (unpaired) electrons. The Kier molecular flexibility index (Phi) is 2.22. The standard InChI is InChI=1S/C11H5ClF2N2O/c12-9-8-7(15-11(16-9)10(13)14)5-3-1-2-4-6(5)17-8/h1-4,10H. The van der Waals surface area contributed by atoms with Gasteiger partial charge in [0.05, 0.1) is 0 Å². The Morgan fingerprint density at radius 3 is 2.71 bits per heavy atom. The van der Waals surface area contributed by atoms with Gasteiger partial charge in [0.2, 0.25) is 0 Å². The molecule has 0 unspecified atom stereocenters. The van der Waals surface area contributed by atoms with Crippen molar-refractivity contribution in [1.82, 2.24) is 9.97 Å². The van der Waals surface area contributed by atoms with Gasteiger partial charge in [-0.05, 0) is 12.1 Å². The molecule has 0 saturated carbocycles. The van der Waals surface area contributed by atoms with E-state index >= 15 is 0 Å². The number of alkyl halides is 2. The first-order valence-corrected chi connectivity index (χ1v) is 5.17. The summed E-state index contributed by atoms with van der Waals surface area (Å²) >= 11 is 5.80. The highest BCUT2D eigenvalue weighted by atomic mass is 35.5. The van der Waals surface area contributed by atoms with Crippen molar-refractivity contribution in [2.45, 2.75) is 6.43 Å². The van der Waals surface area contributed by atoms with E-state index in [-0.39, 0.29) is 10.7 Å². The van der Waals surface area contributed by atoms with Crippen molar-refractivity contribution in [3.8, 4) is 0 Å². The molecule has 0 atom stereocenters. The minimum atomic E-state index is -2.76. The van der Waals surface area contributed by atoms with Crippen molar-refractivity contribution < 1.29 is 13.2 Å². The van der Waals surface area contributed by atoms with Crippen LogP contribution >= 0.6 is 11.6 Å². The zero-order chi connectivity index (χ0) is 12.0. The van der Waals surface area contributed by atoms with E-state index in [4.69, 9.17) is 16.0 Å². The summed E-state index contributed by atoms with van der Waals surface area (Å²) in [6.07, 6.45) is -2.76. The highest BCUT2D eigenvalue weighted by Gasteiger charge is 2.18. The van der Waals surface area contributed by atoms with Gasteiger partial charge in [0, 0.05) is 5.39 Å². The summed E-state index contributed by atoms with van der Waals surface area (Å²) in [5.74, 6) is -0.589. The number of para-hydroxylation sites is 1. The van der Waals surface area contributed by atoms with Crippen LogP contribution in [0.25, 0.3) is 22.1 Å². The third kappa shape index (κ3) is 1.54. The molecule has 6 heteroatoms. The number of aromatic nitrogens is 2. The van der Waals surface area contributed by atoms with E-state index < -0.39 is 12.2 Å². The van der Waals surface area contributed by atoms with E-state index in [2.05, 4.69) is 9.97 Å². The third-order valence-corrected chi connectivity index (χ3v) is 2.65. The van der Waals surface area contributed by atoms with Crippen LogP contribution in [0.5, 0.6) is 0 Å². The molecule has 17 heavy (non-hydrogen) atoms. The molecule has 2 heterocycles. The second-order valence-corrected chi connectivity index (χ2v) is 3.81. The molecule has 0 amide bonds. The molecular formula is C11H5ClF2N2O. The van der Waals surface area contributed by atoms with Crippen LogP contribution < -0.4 is 0 Å². The van der Waals surface area contributed by atoms with Crippen molar-refractivity contribution in [1.29, 1.82) is 0 Å². The molecule has 3 nitrogen and oxygen atoms in total. The highest BCUT2D eigenvalue weighted by molar-refractivity contribution is 6.34. The van der Waals surface area contributed by atoms with E-state index in [9.17, 15) is 8.78 Å². The number of hydrogen-bond donors (Lipinski definition) is 0. The van der Waals surface area contributed by atoms with Gasteiger partial charge in [-0.1, -0.05) is 23.7 Å². The van der Waals surface area contributed by atoms with Crippen LogP contribution in [0.4, 0.5) is 8.78 Å². The first-order valence-electron chi connectivity index (χ1n) is 4.79. The first-order chi connectivity index (χ1) is 8.16. The van der Waals surface area contributed by atoms with Crippen LogP contribution in [0.15, 0.2) is 28.7 Å². The molecule has 0 saturated heterocycles. The fourth-order valence-corrected chi connectivity index (χ4v) is 1.89. The molecule has 0 aliphatic carbocycles. The Labute approximate surface area is 99.0 Å². The van der Waals surface area contributed by atoms with Crippen LogP contribution in [0.2, 0.25) is 5.15 Å². The number of fused-ring (bicyclic) bond motifs is 3. The Morgan fingerprint density at radius 2 is 1.94 bits per heavy atom. The fourth-order valence-electron chi connectivity index (χ4n) is 1.67. The normalized spacial score (nSPS) is 11.8. The topological polar surface area (TPSA) is 38.9 Å². The average Bonchev–Trinajstić information content (AvgIpc) is 2.68. The smallest absolute Gasteiger partial charge is 0.297 e. The predicted molar refractivity (Wildman–Crippen MR) is 59.3 cm³/mol. The monoisotopic (exact) mass is 254 g/mol. The number of nitrogens with zero attached hydrogens (tertiary/aromatic N) is 2. The lowest BCUT2D eigenvalue weighted by molar-refractivity contribution is 0.141. The average molecular weight is 255 g/mol. The molecule has 0 aliphatic heterocycles. The molecule has 1 aromatic carbocycles. The first kappa shape index (κ1) is 10.4. The van der Waals surface area contributed by atoms with Gasteiger partial charge in [-0.15, -0.1) is 0 Å². The lowest BCUT2D eigenvalue weighted by Gasteiger charge is -1.98. The molecule has 3 rings (SSSR count). The summed E-state index contributed by atoms with van der Waals surface area (Å²) in [6, 6.07) is 7.00. The summed E-state index contributed by atoms with van der Waals surface area (Å²) in [5, 5.41) is 0.551. The van der Waals surface area contributed by atoms with Crippen molar-refractivity contribution in [3.63, 3.8) is 0 Å². The number of hydrogen-bond acceptors (Lipinski definition) is 3. The van der Waals surface area contributed by atoms with Crippen LogP contribution in [0.3, 0.4) is 0 Å². The summed E-state index contributed by atoms with van der Waals surface area (Å²) in [7, 11) is 0. The second kappa shape index (κ2) is 3.63. The van der Waals surface area contributed by atoms with Gasteiger partial charge < -0.3 is 4.42 Å². The van der Waals surface area contributed by atoms with Gasteiger partial charge in [-0.25, -0.2) is 18.7 Å².